The molecule has 0 amide bonds. The predicted molar refractivity (Wildman–Crippen MR) is 44.9 cm³/mol. The summed E-state index contributed by atoms with van der Waals surface area (Å²) >= 11 is 1.52. The van der Waals surface area contributed by atoms with E-state index in [1.165, 1.54) is 11.8 Å². The summed E-state index contributed by atoms with van der Waals surface area (Å²) in [6, 6.07) is 1.77. The summed E-state index contributed by atoms with van der Waals surface area (Å²) in [7, 11) is 0. The van der Waals surface area contributed by atoms with Crippen LogP contribution in [-0.4, -0.2) is 22.0 Å². The van der Waals surface area contributed by atoms with E-state index in [2.05, 4.69) is 5.16 Å². The lowest BCUT2D eigenvalue weighted by atomic mass is 10.5. The Morgan fingerprint density at radius 3 is 3.17 bits per heavy atom. The van der Waals surface area contributed by atoms with Crippen LogP contribution in [0.5, 0.6) is 0 Å². The fourth-order valence-electron chi connectivity index (χ4n) is 0.649. The van der Waals surface area contributed by atoms with Crippen molar-refractivity contribution in [1.29, 1.82) is 0 Å². The Hall–Kier alpha value is -0.970. The molecule has 1 rings (SSSR count). The molecule has 0 atom stereocenters. The second-order valence-electron chi connectivity index (χ2n) is 2.18. The average molecular weight is 187 g/mol. The molecule has 0 aliphatic rings. The van der Waals surface area contributed by atoms with Gasteiger partial charge in [-0.3, -0.25) is 4.79 Å². The van der Waals surface area contributed by atoms with Crippen molar-refractivity contribution in [1.82, 2.24) is 5.16 Å². The van der Waals surface area contributed by atoms with Crippen LogP contribution in [0.2, 0.25) is 0 Å². The minimum Gasteiger partial charge on any atom is -0.481 e. The highest BCUT2D eigenvalue weighted by Crippen LogP contribution is 2.11. The highest BCUT2D eigenvalue weighted by Gasteiger charge is 1.99. The minimum absolute atomic E-state index is 0.193. The molecule has 1 aromatic rings. The number of carbonyl (C=O) groups is 1. The predicted octanol–water partition coefficient (Wildman–Crippen LogP) is 1.38. The Bertz CT molecular complexity index is 235. The molecule has 0 fully saturated rings. The maximum atomic E-state index is 10.1. The van der Waals surface area contributed by atoms with E-state index < -0.39 is 5.97 Å². The van der Waals surface area contributed by atoms with Crippen molar-refractivity contribution in [2.45, 2.75) is 12.2 Å². The van der Waals surface area contributed by atoms with E-state index in [4.69, 9.17) is 9.63 Å². The number of carboxylic acid groups (broad SMARTS) is 1. The largest absolute Gasteiger partial charge is 0.481 e. The van der Waals surface area contributed by atoms with Crippen LogP contribution in [0.15, 0.2) is 16.8 Å². The number of aliphatic carboxylic acids is 1. The normalized spacial score (nSPS) is 10.0. The fraction of sp³-hybridized carbons (Fsp3) is 0.429. The SMILES string of the molecule is O=C(O)CCSCc1ccno1. The van der Waals surface area contributed by atoms with Crippen LogP contribution in [0.3, 0.4) is 0 Å². The topological polar surface area (TPSA) is 63.3 Å². The number of carboxylic acids is 1. The molecule has 1 N–H and O–H groups in total. The van der Waals surface area contributed by atoms with Crippen molar-refractivity contribution in [3.05, 3.63) is 18.0 Å². The standard InChI is InChI=1S/C7H9NO3S/c9-7(10)2-4-12-5-6-1-3-8-11-6/h1,3H,2,4-5H2,(H,9,10). The van der Waals surface area contributed by atoms with E-state index in [9.17, 15) is 4.79 Å². The number of hydrogen-bond acceptors (Lipinski definition) is 4. The van der Waals surface area contributed by atoms with Gasteiger partial charge in [-0.1, -0.05) is 5.16 Å². The van der Waals surface area contributed by atoms with Gasteiger partial charge >= 0.3 is 5.97 Å². The van der Waals surface area contributed by atoms with E-state index in [0.29, 0.717) is 11.5 Å². The molecule has 0 saturated carbocycles. The molecule has 1 heterocycles. The number of rotatable bonds is 5. The van der Waals surface area contributed by atoms with Gasteiger partial charge in [0.2, 0.25) is 0 Å². The zero-order valence-corrected chi connectivity index (χ0v) is 7.21. The summed E-state index contributed by atoms with van der Waals surface area (Å²) in [5.74, 6) is 1.31. The molecule has 12 heavy (non-hydrogen) atoms. The molecule has 0 aromatic carbocycles. The molecule has 0 saturated heterocycles. The van der Waals surface area contributed by atoms with Crippen molar-refractivity contribution in [3.63, 3.8) is 0 Å². The highest BCUT2D eigenvalue weighted by molar-refractivity contribution is 7.98. The number of nitrogens with zero attached hydrogens (tertiary/aromatic N) is 1. The zero-order valence-electron chi connectivity index (χ0n) is 6.40. The molecule has 66 valence electrons. The van der Waals surface area contributed by atoms with Crippen LogP contribution in [-0.2, 0) is 10.5 Å². The molecule has 0 aliphatic heterocycles. The Balaban J connectivity index is 2.07. The van der Waals surface area contributed by atoms with E-state index in [-0.39, 0.29) is 6.42 Å². The van der Waals surface area contributed by atoms with Gasteiger partial charge in [-0.15, -0.1) is 0 Å². The van der Waals surface area contributed by atoms with Crippen LogP contribution in [0.1, 0.15) is 12.2 Å². The third-order valence-corrected chi connectivity index (χ3v) is 2.18. The van der Waals surface area contributed by atoms with Crippen LogP contribution in [0.25, 0.3) is 0 Å². The Labute approximate surface area is 73.9 Å². The van der Waals surface area contributed by atoms with E-state index in [1.807, 2.05) is 0 Å². The molecule has 0 radical (unpaired) electrons. The van der Waals surface area contributed by atoms with Gasteiger partial charge in [0.25, 0.3) is 0 Å². The lowest BCUT2D eigenvalue weighted by Gasteiger charge is -1.93. The van der Waals surface area contributed by atoms with E-state index in [0.717, 1.165) is 5.76 Å². The molecule has 5 heteroatoms. The van der Waals surface area contributed by atoms with Gasteiger partial charge < -0.3 is 9.63 Å². The van der Waals surface area contributed by atoms with Crippen molar-refractivity contribution in [2.24, 2.45) is 0 Å². The van der Waals surface area contributed by atoms with Gasteiger partial charge in [-0.05, 0) is 0 Å². The molecular weight excluding hydrogens is 178 g/mol. The van der Waals surface area contributed by atoms with Gasteiger partial charge in [0.15, 0.2) is 0 Å². The Kier molecular flexibility index (Phi) is 3.66. The minimum atomic E-state index is -0.764. The van der Waals surface area contributed by atoms with Crippen LogP contribution < -0.4 is 0 Å². The summed E-state index contributed by atoms with van der Waals surface area (Å²) in [5, 5.41) is 11.9. The highest BCUT2D eigenvalue weighted by atomic mass is 32.2. The second-order valence-corrected chi connectivity index (χ2v) is 3.28. The van der Waals surface area contributed by atoms with Gasteiger partial charge in [-0.2, -0.15) is 11.8 Å². The fourth-order valence-corrected chi connectivity index (χ4v) is 1.46. The molecule has 4 nitrogen and oxygen atoms in total. The first kappa shape index (κ1) is 9.12. The lowest BCUT2D eigenvalue weighted by Crippen LogP contribution is -1.95. The quantitative estimate of drug-likeness (QED) is 0.705. The van der Waals surface area contributed by atoms with Gasteiger partial charge in [0.05, 0.1) is 18.4 Å². The van der Waals surface area contributed by atoms with Crippen molar-refractivity contribution in [2.75, 3.05) is 5.75 Å². The molecule has 0 unspecified atom stereocenters. The Morgan fingerprint density at radius 1 is 1.75 bits per heavy atom. The molecular formula is C7H9NO3S. The maximum absolute atomic E-state index is 10.1. The van der Waals surface area contributed by atoms with Crippen LogP contribution >= 0.6 is 11.8 Å². The van der Waals surface area contributed by atoms with Crippen molar-refractivity contribution >= 4 is 17.7 Å². The van der Waals surface area contributed by atoms with Gasteiger partial charge in [0, 0.05) is 11.8 Å². The lowest BCUT2D eigenvalue weighted by molar-refractivity contribution is -0.136. The van der Waals surface area contributed by atoms with Gasteiger partial charge in [0.1, 0.15) is 5.76 Å². The van der Waals surface area contributed by atoms with Crippen molar-refractivity contribution < 1.29 is 14.4 Å². The van der Waals surface area contributed by atoms with E-state index >= 15 is 0 Å². The summed E-state index contributed by atoms with van der Waals surface area (Å²) in [6.07, 6.45) is 1.77. The monoisotopic (exact) mass is 187 g/mol. The summed E-state index contributed by atoms with van der Waals surface area (Å²) in [4.78, 5) is 10.1. The zero-order chi connectivity index (χ0) is 8.81. The number of thioether (sulfide) groups is 1. The third kappa shape index (κ3) is 3.43. The molecule has 0 aliphatic carbocycles. The first-order valence-corrected chi connectivity index (χ1v) is 4.63. The van der Waals surface area contributed by atoms with Crippen molar-refractivity contribution in [3.8, 4) is 0 Å². The average Bonchev–Trinajstić information content (AvgIpc) is 2.49. The van der Waals surface area contributed by atoms with Crippen LogP contribution in [0.4, 0.5) is 0 Å². The van der Waals surface area contributed by atoms with Crippen LogP contribution in [0, 0.1) is 0 Å². The first-order valence-electron chi connectivity index (χ1n) is 3.48. The Morgan fingerprint density at radius 2 is 2.58 bits per heavy atom. The number of aromatic nitrogens is 1. The number of hydrogen-bond donors (Lipinski definition) is 1. The summed E-state index contributed by atoms with van der Waals surface area (Å²) < 4.78 is 4.82. The third-order valence-electron chi connectivity index (χ3n) is 1.20. The first-order chi connectivity index (χ1) is 5.79. The maximum Gasteiger partial charge on any atom is 0.304 e. The molecule has 0 bridgehead atoms. The molecule has 1 aromatic heterocycles. The smallest absolute Gasteiger partial charge is 0.304 e. The summed E-state index contributed by atoms with van der Waals surface area (Å²) in [5.41, 5.74) is 0. The second kappa shape index (κ2) is 4.82. The molecule has 0 spiro atoms. The van der Waals surface area contributed by atoms with E-state index in [1.54, 1.807) is 12.3 Å². The van der Waals surface area contributed by atoms with Gasteiger partial charge in [-0.25, -0.2) is 0 Å². The summed E-state index contributed by atoms with van der Waals surface area (Å²) in [6.45, 7) is 0.